The first-order valence-electron chi connectivity index (χ1n) is 8.83. The molecule has 0 unspecified atom stereocenters. The smallest absolute Gasteiger partial charge is 0.227 e. The predicted octanol–water partition coefficient (Wildman–Crippen LogP) is 1.04. The number of hydrogen-bond donors (Lipinski definition) is 3. The zero-order valence-corrected chi connectivity index (χ0v) is 18.7. The quantitative estimate of drug-likeness (QED) is 0.214. The first-order valence-corrected chi connectivity index (χ1v) is 8.83. The number of amides is 1. The maximum absolute atomic E-state index is 11.8. The summed E-state index contributed by atoms with van der Waals surface area (Å²) < 4.78 is 5.11. The molecule has 148 valence electrons. The summed E-state index contributed by atoms with van der Waals surface area (Å²) in [6, 6.07) is 0.429. The molecule has 1 aliphatic heterocycles. The van der Waals surface area contributed by atoms with E-state index in [1.54, 1.807) is 21.2 Å². The van der Waals surface area contributed by atoms with E-state index in [0.717, 1.165) is 51.5 Å². The maximum atomic E-state index is 11.8. The topological polar surface area (TPSA) is 78.0 Å². The van der Waals surface area contributed by atoms with Gasteiger partial charge in [-0.1, -0.05) is 0 Å². The Morgan fingerprint density at radius 3 is 2.48 bits per heavy atom. The standard InChI is InChI=1S/C17H35N5O2.HI/c1-17(2,15(23)18-3)13-20-16(19-4)21-14-7-10-22(11-8-14)9-6-12-24-5;/h14H,6-13H2,1-5H3,(H,18,23)(H2,19,20,21);1H. The van der Waals surface area contributed by atoms with Crippen LogP contribution in [0.15, 0.2) is 4.99 Å². The third kappa shape index (κ3) is 9.05. The van der Waals surface area contributed by atoms with E-state index in [9.17, 15) is 4.79 Å². The molecule has 1 rings (SSSR count). The number of piperidine rings is 1. The molecule has 0 radical (unpaired) electrons. The summed E-state index contributed by atoms with van der Waals surface area (Å²) in [7, 11) is 5.18. The summed E-state index contributed by atoms with van der Waals surface area (Å²) in [5, 5.41) is 9.45. The maximum Gasteiger partial charge on any atom is 0.227 e. The van der Waals surface area contributed by atoms with Crippen molar-refractivity contribution >= 4 is 35.8 Å². The Morgan fingerprint density at radius 2 is 1.96 bits per heavy atom. The zero-order chi connectivity index (χ0) is 18.0. The Kier molecular flexibility index (Phi) is 12.4. The highest BCUT2D eigenvalue weighted by Crippen LogP contribution is 2.13. The lowest BCUT2D eigenvalue weighted by molar-refractivity contribution is -0.128. The number of nitrogens with one attached hydrogen (secondary N) is 3. The average Bonchev–Trinajstić information content (AvgIpc) is 2.59. The van der Waals surface area contributed by atoms with Crippen LogP contribution in [-0.2, 0) is 9.53 Å². The molecule has 0 bridgehead atoms. The van der Waals surface area contributed by atoms with Crippen molar-refractivity contribution in [3.05, 3.63) is 0 Å². The summed E-state index contributed by atoms with van der Waals surface area (Å²) in [6.07, 6.45) is 3.30. The van der Waals surface area contributed by atoms with Crippen molar-refractivity contribution in [2.24, 2.45) is 10.4 Å². The van der Waals surface area contributed by atoms with Gasteiger partial charge in [-0.05, 0) is 33.1 Å². The van der Waals surface area contributed by atoms with Gasteiger partial charge in [0.25, 0.3) is 0 Å². The number of guanidine groups is 1. The predicted molar refractivity (Wildman–Crippen MR) is 114 cm³/mol. The summed E-state index contributed by atoms with van der Waals surface area (Å²) >= 11 is 0. The molecule has 7 nitrogen and oxygen atoms in total. The molecular weight excluding hydrogens is 433 g/mol. The zero-order valence-electron chi connectivity index (χ0n) is 16.4. The van der Waals surface area contributed by atoms with Crippen molar-refractivity contribution in [2.75, 3.05) is 54.0 Å². The molecule has 3 N–H and O–H groups in total. The van der Waals surface area contributed by atoms with Crippen LogP contribution >= 0.6 is 24.0 Å². The number of halogens is 1. The van der Waals surface area contributed by atoms with Crippen LogP contribution in [0.4, 0.5) is 0 Å². The Morgan fingerprint density at radius 1 is 1.32 bits per heavy atom. The molecule has 0 saturated carbocycles. The molecule has 1 aliphatic rings. The Labute approximate surface area is 169 Å². The Bertz CT molecular complexity index is 410. The van der Waals surface area contributed by atoms with Crippen molar-refractivity contribution in [1.29, 1.82) is 0 Å². The lowest BCUT2D eigenvalue weighted by atomic mass is 9.92. The lowest BCUT2D eigenvalue weighted by Crippen LogP contribution is -2.51. The van der Waals surface area contributed by atoms with Gasteiger partial charge in [0.15, 0.2) is 5.96 Å². The van der Waals surface area contributed by atoms with Crippen molar-refractivity contribution in [3.8, 4) is 0 Å². The van der Waals surface area contributed by atoms with Gasteiger partial charge in [-0.15, -0.1) is 24.0 Å². The van der Waals surface area contributed by atoms with Crippen LogP contribution in [0, 0.1) is 5.41 Å². The third-order valence-electron chi connectivity index (χ3n) is 4.51. The number of nitrogens with zero attached hydrogens (tertiary/aromatic N) is 2. The van der Waals surface area contributed by atoms with E-state index in [1.807, 2.05) is 13.8 Å². The normalized spacial score (nSPS) is 16.9. The summed E-state index contributed by atoms with van der Waals surface area (Å²) in [5.74, 6) is 0.791. The molecule has 1 amide bonds. The van der Waals surface area contributed by atoms with Gasteiger partial charge in [-0.2, -0.15) is 0 Å². The number of carbonyl (C=O) groups is 1. The van der Waals surface area contributed by atoms with Gasteiger partial charge in [0, 0.05) is 60.0 Å². The summed E-state index contributed by atoms with van der Waals surface area (Å²) in [5.41, 5.74) is -0.475. The van der Waals surface area contributed by atoms with Crippen LogP contribution in [0.5, 0.6) is 0 Å². The molecular formula is C17H36IN5O2. The SMILES string of the molecule is CN=C(NCC(C)(C)C(=O)NC)NC1CCN(CCCOC)CC1.I. The van der Waals surface area contributed by atoms with Crippen molar-refractivity contribution < 1.29 is 9.53 Å². The van der Waals surface area contributed by atoms with Crippen LogP contribution < -0.4 is 16.0 Å². The second kappa shape index (κ2) is 12.7. The number of likely N-dealkylation sites (tertiary alicyclic amines) is 1. The highest BCUT2D eigenvalue weighted by molar-refractivity contribution is 14.0. The Balaban J connectivity index is 0.00000576. The minimum atomic E-state index is -0.475. The van der Waals surface area contributed by atoms with Gasteiger partial charge in [-0.3, -0.25) is 9.79 Å². The molecule has 0 atom stereocenters. The van der Waals surface area contributed by atoms with E-state index < -0.39 is 5.41 Å². The van der Waals surface area contributed by atoms with E-state index in [0.29, 0.717) is 12.6 Å². The molecule has 0 aromatic rings. The van der Waals surface area contributed by atoms with E-state index in [4.69, 9.17) is 4.74 Å². The number of ether oxygens (including phenoxy) is 1. The highest BCUT2D eigenvalue weighted by atomic mass is 127. The van der Waals surface area contributed by atoms with Gasteiger partial charge in [0.2, 0.25) is 5.91 Å². The first kappa shape index (κ1) is 24.4. The summed E-state index contributed by atoms with van der Waals surface area (Å²) in [4.78, 5) is 18.6. The molecule has 8 heteroatoms. The van der Waals surface area contributed by atoms with Crippen LogP contribution in [-0.4, -0.2) is 76.8 Å². The number of aliphatic imine (C=N–C) groups is 1. The number of hydrogen-bond acceptors (Lipinski definition) is 4. The van der Waals surface area contributed by atoms with Gasteiger partial charge in [0.1, 0.15) is 0 Å². The largest absolute Gasteiger partial charge is 0.385 e. The molecule has 1 fully saturated rings. The van der Waals surface area contributed by atoms with Gasteiger partial charge in [0.05, 0.1) is 5.41 Å². The third-order valence-corrected chi connectivity index (χ3v) is 4.51. The minimum absolute atomic E-state index is 0. The molecule has 1 heterocycles. The minimum Gasteiger partial charge on any atom is -0.385 e. The van der Waals surface area contributed by atoms with Crippen molar-refractivity contribution in [2.45, 2.75) is 39.2 Å². The van der Waals surface area contributed by atoms with Gasteiger partial charge < -0.3 is 25.6 Å². The molecule has 0 spiro atoms. The van der Waals surface area contributed by atoms with Crippen LogP contribution in [0.3, 0.4) is 0 Å². The molecule has 0 aliphatic carbocycles. The van der Waals surface area contributed by atoms with E-state index in [1.165, 1.54) is 0 Å². The van der Waals surface area contributed by atoms with E-state index in [-0.39, 0.29) is 29.9 Å². The lowest BCUT2D eigenvalue weighted by Gasteiger charge is -2.33. The second-order valence-electron chi connectivity index (χ2n) is 7.00. The number of methoxy groups -OCH3 is 1. The fourth-order valence-electron chi connectivity index (χ4n) is 2.84. The van der Waals surface area contributed by atoms with E-state index in [2.05, 4.69) is 25.8 Å². The van der Waals surface area contributed by atoms with Crippen LogP contribution in [0.1, 0.15) is 33.1 Å². The molecule has 25 heavy (non-hydrogen) atoms. The molecule has 1 saturated heterocycles. The van der Waals surface area contributed by atoms with Crippen LogP contribution in [0.25, 0.3) is 0 Å². The monoisotopic (exact) mass is 469 g/mol. The fourth-order valence-corrected chi connectivity index (χ4v) is 2.84. The van der Waals surface area contributed by atoms with E-state index >= 15 is 0 Å². The highest BCUT2D eigenvalue weighted by Gasteiger charge is 2.27. The fraction of sp³-hybridized carbons (Fsp3) is 0.882. The number of rotatable bonds is 8. The second-order valence-corrected chi connectivity index (χ2v) is 7.00. The molecule has 0 aromatic carbocycles. The van der Waals surface area contributed by atoms with Gasteiger partial charge in [-0.25, -0.2) is 0 Å². The molecule has 0 aromatic heterocycles. The van der Waals surface area contributed by atoms with Crippen LogP contribution in [0.2, 0.25) is 0 Å². The number of carbonyl (C=O) groups excluding carboxylic acids is 1. The van der Waals surface area contributed by atoms with Gasteiger partial charge >= 0.3 is 0 Å². The van der Waals surface area contributed by atoms with Crippen molar-refractivity contribution in [1.82, 2.24) is 20.9 Å². The summed E-state index contributed by atoms with van der Waals surface area (Å²) in [6.45, 7) is 8.52. The Hall–Kier alpha value is -0.610. The van der Waals surface area contributed by atoms with Crippen molar-refractivity contribution in [3.63, 3.8) is 0 Å². The average molecular weight is 469 g/mol. The first-order chi connectivity index (χ1) is 11.4.